The molecule has 1 aliphatic carbocycles. The molecule has 3 unspecified atom stereocenters. The average molecular weight is 536 g/mol. The average Bonchev–Trinajstić information content (AvgIpc) is 3.74. The van der Waals surface area contributed by atoms with E-state index in [4.69, 9.17) is 18.9 Å². The van der Waals surface area contributed by atoms with Gasteiger partial charge >= 0.3 is 0 Å². The summed E-state index contributed by atoms with van der Waals surface area (Å²) in [7, 11) is 1.70. The SMILES string of the molecule is COCC(C)NC1OC1c1cnc(NC2CCC(Oc3cc(N4CCOCC4)cc4nccnc34)CC2)nc1. The molecule has 3 aliphatic rings. The van der Waals surface area contributed by atoms with E-state index in [1.165, 1.54) is 0 Å². The Balaban J connectivity index is 1.02. The van der Waals surface area contributed by atoms with E-state index >= 15 is 0 Å². The molecule has 1 aromatic carbocycles. The fourth-order valence-electron chi connectivity index (χ4n) is 5.44. The zero-order chi connectivity index (χ0) is 26.6. The molecule has 2 aliphatic heterocycles. The molecule has 3 aromatic rings. The molecule has 11 heteroatoms. The number of anilines is 2. The molecule has 2 aromatic heterocycles. The summed E-state index contributed by atoms with van der Waals surface area (Å²) in [5, 5.41) is 6.89. The minimum atomic E-state index is -0.00879. The van der Waals surface area contributed by atoms with E-state index in [2.05, 4.69) is 54.5 Å². The fourth-order valence-corrected chi connectivity index (χ4v) is 5.44. The Morgan fingerprint density at radius 3 is 2.56 bits per heavy atom. The summed E-state index contributed by atoms with van der Waals surface area (Å²) < 4.78 is 23.0. The molecule has 2 N–H and O–H groups in total. The van der Waals surface area contributed by atoms with Gasteiger partial charge in [-0.3, -0.25) is 10.3 Å². The second kappa shape index (κ2) is 12.0. The summed E-state index contributed by atoms with van der Waals surface area (Å²) in [6, 6.07) is 4.75. The summed E-state index contributed by atoms with van der Waals surface area (Å²) in [6.45, 7) is 5.92. The standard InChI is InChI=1S/C28H37N7O4/c1-18(17-36-2)33-27-26(39-27)19-15-31-28(32-16-19)34-20-3-5-22(6-4-20)38-24-14-21(35-9-11-37-12-10-35)13-23-25(24)30-8-7-29-23/h7-8,13-16,18,20,22,26-27,33H,3-6,9-12,17H2,1-2H3,(H,31,32,34). The van der Waals surface area contributed by atoms with Gasteiger partial charge in [-0.25, -0.2) is 15.0 Å². The van der Waals surface area contributed by atoms with Crippen molar-refractivity contribution >= 4 is 22.7 Å². The third-order valence-electron chi connectivity index (χ3n) is 7.56. The number of hydrogen-bond acceptors (Lipinski definition) is 11. The molecule has 0 bridgehead atoms. The summed E-state index contributed by atoms with van der Waals surface area (Å²) in [6.07, 6.45) is 11.1. The highest BCUT2D eigenvalue weighted by Gasteiger charge is 2.41. The highest BCUT2D eigenvalue weighted by molar-refractivity contribution is 5.85. The van der Waals surface area contributed by atoms with E-state index in [0.717, 1.165) is 80.0 Å². The van der Waals surface area contributed by atoms with Crippen LogP contribution in [0.5, 0.6) is 5.75 Å². The molecule has 2 saturated heterocycles. The van der Waals surface area contributed by atoms with E-state index in [-0.39, 0.29) is 24.5 Å². The van der Waals surface area contributed by atoms with Crippen LogP contribution < -0.4 is 20.3 Å². The number of fused-ring (bicyclic) bond motifs is 1. The first-order chi connectivity index (χ1) is 19.2. The maximum Gasteiger partial charge on any atom is 0.222 e. The predicted octanol–water partition coefficient (Wildman–Crippen LogP) is 3.08. The summed E-state index contributed by atoms with van der Waals surface area (Å²) in [5.41, 5.74) is 3.76. The van der Waals surface area contributed by atoms with Crippen LogP contribution in [0.1, 0.15) is 44.3 Å². The van der Waals surface area contributed by atoms with Crippen molar-refractivity contribution in [3.05, 3.63) is 42.5 Å². The van der Waals surface area contributed by atoms with Crippen LogP contribution in [-0.2, 0) is 14.2 Å². The molecule has 0 radical (unpaired) electrons. The maximum absolute atomic E-state index is 6.55. The van der Waals surface area contributed by atoms with E-state index < -0.39 is 0 Å². The Hall–Kier alpha value is -3.12. The van der Waals surface area contributed by atoms with Crippen molar-refractivity contribution < 1.29 is 18.9 Å². The minimum absolute atomic E-state index is 0.00605. The Kier molecular flexibility index (Phi) is 8.00. The van der Waals surface area contributed by atoms with Crippen LogP contribution in [0, 0.1) is 0 Å². The lowest BCUT2D eigenvalue weighted by Crippen LogP contribution is -2.36. The molecule has 3 fully saturated rings. The van der Waals surface area contributed by atoms with E-state index in [1.807, 2.05) is 12.4 Å². The largest absolute Gasteiger partial charge is 0.488 e. The first kappa shape index (κ1) is 26.1. The molecule has 3 atom stereocenters. The van der Waals surface area contributed by atoms with Gasteiger partial charge in [-0.2, -0.15) is 0 Å². The number of rotatable bonds is 10. The van der Waals surface area contributed by atoms with Crippen molar-refractivity contribution in [3.8, 4) is 5.75 Å². The second-order valence-corrected chi connectivity index (χ2v) is 10.5. The monoisotopic (exact) mass is 535 g/mol. The highest BCUT2D eigenvalue weighted by Crippen LogP contribution is 2.37. The molecule has 39 heavy (non-hydrogen) atoms. The van der Waals surface area contributed by atoms with Crippen molar-refractivity contribution in [1.82, 2.24) is 25.3 Å². The van der Waals surface area contributed by atoms with Crippen LogP contribution in [0.25, 0.3) is 11.0 Å². The van der Waals surface area contributed by atoms with E-state index in [9.17, 15) is 0 Å². The van der Waals surface area contributed by atoms with Crippen molar-refractivity contribution in [3.63, 3.8) is 0 Å². The Morgan fingerprint density at radius 2 is 1.79 bits per heavy atom. The van der Waals surface area contributed by atoms with Gasteiger partial charge in [0.15, 0.2) is 0 Å². The zero-order valence-corrected chi connectivity index (χ0v) is 22.6. The van der Waals surface area contributed by atoms with Gasteiger partial charge in [-0.1, -0.05) is 0 Å². The zero-order valence-electron chi connectivity index (χ0n) is 22.6. The number of morpholine rings is 1. The van der Waals surface area contributed by atoms with Gasteiger partial charge in [0.2, 0.25) is 5.95 Å². The molecule has 0 spiro atoms. The van der Waals surface area contributed by atoms with Gasteiger partial charge in [-0.15, -0.1) is 0 Å². The molecule has 11 nitrogen and oxygen atoms in total. The topological polar surface area (TPSA) is 119 Å². The number of epoxide rings is 1. The molecule has 0 amide bonds. The molecule has 1 saturated carbocycles. The molecule has 6 rings (SSSR count). The Labute approximate surface area is 228 Å². The van der Waals surface area contributed by atoms with Gasteiger partial charge in [0.25, 0.3) is 0 Å². The van der Waals surface area contributed by atoms with Crippen LogP contribution >= 0.6 is 0 Å². The Morgan fingerprint density at radius 1 is 1.03 bits per heavy atom. The number of benzene rings is 1. The van der Waals surface area contributed by atoms with Crippen molar-refractivity contribution in [1.29, 1.82) is 0 Å². The first-order valence-corrected chi connectivity index (χ1v) is 13.9. The lowest BCUT2D eigenvalue weighted by Gasteiger charge is -2.31. The number of nitrogens with zero attached hydrogens (tertiary/aromatic N) is 5. The summed E-state index contributed by atoms with van der Waals surface area (Å²) in [4.78, 5) is 20.5. The molecular formula is C28H37N7O4. The van der Waals surface area contributed by atoms with Crippen LogP contribution in [-0.4, -0.2) is 84.4 Å². The number of methoxy groups -OCH3 is 1. The number of nitrogens with one attached hydrogen (secondary N) is 2. The van der Waals surface area contributed by atoms with Gasteiger partial charge in [0.1, 0.15) is 23.6 Å². The van der Waals surface area contributed by atoms with E-state index in [1.54, 1.807) is 19.5 Å². The molecule has 208 valence electrons. The normalized spacial score (nSPS) is 25.8. The first-order valence-electron chi connectivity index (χ1n) is 13.9. The van der Waals surface area contributed by atoms with Crippen LogP contribution in [0.4, 0.5) is 11.6 Å². The van der Waals surface area contributed by atoms with Crippen LogP contribution in [0.3, 0.4) is 0 Å². The third kappa shape index (κ3) is 6.38. The van der Waals surface area contributed by atoms with Crippen molar-refractivity contribution in [2.45, 2.75) is 63.1 Å². The Bertz CT molecular complexity index is 1230. The lowest BCUT2D eigenvalue weighted by molar-refractivity contribution is 0.122. The van der Waals surface area contributed by atoms with Crippen molar-refractivity contribution in [2.75, 3.05) is 50.2 Å². The summed E-state index contributed by atoms with van der Waals surface area (Å²) >= 11 is 0. The highest BCUT2D eigenvalue weighted by atomic mass is 16.6. The quantitative estimate of drug-likeness (QED) is 0.373. The number of ether oxygens (including phenoxy) is 4. The summed E-state index contributed by atoms with van der Waals surface area (Å²) in [5.74, 6) is 1.46. The third-order valence-corrected chi connectivity index (χ3v) is 7.56. The number of hydrogen-bond donors (Lipinski definition) is 2. The van der Waals surface area contributed by atoms with Crippen LogP contribution in [0.2, 0.25) is 0 Å². The second-order valence-electron chi connectivity index (χ2n) is 10.5. The lowest BCUT2D eigenvalue weighted by atomic mass is 9.93. The smallest absolute Gasteiger partial charge is 0.222 e. The van der Waals surface area contributed by atoms with Gasteiger partial charge < -0.3 is 29.2 Å². The minimum Gasteiger partial charge on any atom is -0.488 e. The van der Waals surface area contributed by atoms with Crippen molar-refractivity contribution in [2.24, 2.45) is 0 Å². The van der Waals surface area contributed by atoms with Gasteiger partial charge in [0.05, 0.1) is 31.4 Å². The van der Waals surface area contributed by atoms with Gasteiger partial charge in [0, 0.05) is 74.4 Å². The van der Waals surface area contributed by atoms with Gasteiger partial charge in [-0.05, 0) is 38.7 Å². The number of aromatic nitrogens is 4. The predicted molar refractivity (Wildman–Crippen MR) is 147 cm³/mol. The maximum atomic E-state index is 6.55. The van der Waals surface area contributed by atoms with E-state index in [0.29, 0.717) is 18.6 Å². The molecular weight excluding hydrogens is 498 g/mol. The van der Waals surface area contributed by atoms with Crippen LogP contribution in [0.15, 0.2) is 36.9 Å². The fraction of sp³-hybridized carbons (Fsp3) is 0.571. The molecule has 4 heterocycles.